The van der Waals surface area contributed by atoms with Crippen molar-refractivity contribution in [3.63, 3.8) is 0 Å². The van der Waals surface area contributed by atoms with E-state index in [0.29, 0.717) is 34.1 Å². The predicted molar refractivity (Wildman–Crippen MR) is 167 cm³/mol. The molecule has 0 saturated heterocycles. The number of carbonyl (C=O) groups is 1. The summed E-state index contributed by atoms with van der Waals surface area (Å²) in [6.45, 7) is 2.71. The van der Waals surface area contributed by atoms with Crippen LogP contribution in [-0.2, 0) is 14.9 Å². The van der Waals surface area contributed by atoms with Gasteiger partial charge in [-0.25, -0.2) is 0 Å². The topological polar surface area (TPSA) is 221 Å². The first kappa shape index (κ1) is 33.7. The van der Waals surface area contributed by atoms with Crippen LogP contribution in [0, 0.1) is 6.92 Å². The molecule has 0 heterocycles. The highest BCUT2D eigenvalue weighted by Crippen LogP contribution is 2.43. The van der Waals surface area contributed by atoms with Gasteiger partial charge in [0.25, 0.3) is 10.1 Å². The monoisotopic (exact) mass is 653 g/mol. The van der Waals surface area contributed by atoms with Gasteiger partial charge in [-0.1, -0.05) is 0 Å². The van der Waals surface area contributed by atoms with Crippen LogP contribution >= 0.6 is 0 Å². The van der Waals surface area contributed by atoms with E-state index >= 15 is 0 Å². The Morgan fingerprint density at radius 3 is 2.22 bits per heavy atom. The standard InChI is InChI=1S/C30H31N5O10S/c1-17-12-25(26(43-3)16-24(17)33-32-23-7-5-21(44-10-8-36)15-27(23)45-11-9-37)34-35-29-28(46(40,41)42)14-19-13-20(31-18(2)38)4-6-22(19)30(29)39/h4-7,12-16,36-37,39H,8-11H2,1-3H3,(H,31,38)(H,40,41,42). The van der Waals surface area contributed by atoms with Gasteiger partial charge < -0.3 is 34.8 Å². The molecule has 0 aliphatic rings. The number of phenols is 1. The molecule has 0 spiro atoms. The van der Waals surface area contributed by atoms with Crippen LogP contribution in [0.5, 0.6) is 23.0 Å². The number of anilines is 1. The van der Waals surface area contributed by atoms with Crippen LogP contribution in [-0.4, -0.2) is 67.7 Å². The quantitative estimate of drug-likeness (QED) is 0.0882. The number of aryl methyl sites for hydroxylation is 1. The van der Waals surface area contributed by atoms with Crippen molar-refractivity contribution in [1.29, 1.82) is 0 Å². The minimum absolute atomic E-state index is 0.00267. The van der Waals surface area contributed by atoms with Crippen molar-refractivity contribution in [3.8, 4) is 23.0 Å². The Labute approximate surface area is 263 Å². The van der Waals surface area contributed by atoms with Crippen LogP contribution < -0.4 is 19.5 Å². The molecule has 5 N–H and O–H groups in total. The average molecular weight is 654 g/mol. The maximum Gasteiger partial charge on any atom is 0.296 e. The molecule has 16 heteroatoms. The number of fused-ring (bicyclic) bond motifs is 1. The molecule has 0 unspecified atom stereocenters. The smallest absolute Gasteiger partial charge is 0.296 e. The number of benzene rings is 4. The number of hydrogen-bond acceptors (Lipinski definition) is 13. The lowest BCUT2D eigenvalue weighted by Crippen LogP contribution is -2.05. The number of carbonyl (C=O) groups excluding carboxylic acids is 1. The second-order valence-electron chi connectivity index (χ2n) is 9.65. The third-order valence-corrected chi connectivity index (χ3v) is 7.18. The average Bonchev–Trinajstić information content (AvgIpc) is 3.01. The Morgan fingerprint density at radius 2 is 1.54 bits per heavy atom. The molecule has 0 bridgehead atoms. The van der Waals surface area contributed by atoms with E-state index in [0.717, 1.165) is 6.07 Å². The summed E-state index contributed by atoms with van der Waals surface area (Å²) in [5, 5.41) is 48.8. The third-order valence-electron chi connectivity index (χ3n) is 6.31. The van der Waals surface area contributed by atoms with Crippen molar-refractivity contribution in [2.75, 3.05) is 38.9 Å². The summed E-state index contributed by atoms with van der Waals surface area (Å²) in [5.74, 6) is -0.00768. The number of azo groups is 2. The van der Waals surface area contributed by atoms with Gasteiger partial charge in [0.05, 0.1) is 26.0 Å². The molecule has 0 atom stereocenters. The molecule has 0 radical (unpaired) electrons. The molecule has 4 rings (SSSR count). The second-order valence-corrected chi connectivity index (χ2v) is 11.0. The Kier molecular flexibility index (Phi) is 10.8. The predicted octanol–water partition coefficient (Wildman–Crippen LogP) is 5.64. The Bertz CT molecular complexity index is 1930. The lowest BCUT2D eigenvalue weighted by Gasteiger charge is -2.11. The minimum Gasteiger partial charge on any atom is -0.505 e. The molecule has 0 fully saturated rings. The fourth-order valence-corrected chi connectivity index (χ4v) is 4.91. The van der Waals surface area contributed by atoms with Gasteiger partial charge in [-0.2, -0.15) is 13.5 Å². The molecule has 4 aromatic rings. The first-order chi connectivity index (χ1) is 21.9. The van der Waals surface area contributed by atoms with E-state index in [2.05, 4.69) is 25.8 Å². The first-order valence-electron chi connectivity index (χ1n) is 13.6. The van der Waals surface area contributed by atoms with Gasteiger partial charge >= 0.3 is 0 Å². The number of ether oxygens (including phenoxy) is 3. The lowest BCUT2D eigenvalue weighted by atomic mass is 10.1. The summed E-state index contributed by atoms with van der Waals surface area (Å²) in [5.41, 5.74) is 1.28. The zero-order valence-corrected chi connectivity index (χ0v) is 25.8. The van der Waals surface area contributed by atoms with Gasteiger partial charge in [-0.3, -0.25) is 9.35 Å². The molecule has 0 aliphatic carbocycles. The van der Waals surface area contributed by atoms with E-state index in [1.807, 2.05) is 0 Å². The lowest BCUT2D eigenvalue weighted by molar-refractivity contribution is -0.114. The van der Waals surface area contributed by atoms with E-state index in [4.69, 9.17) is 19.3 Å². The maximum atomic E-state index is 12.3. The number of aromatic hydroxyl groups is 1. The van der Waals surface area contributed by atoms with Crippen molar-refractivity contribution in [3.05, 3.63) is 60.2 Å². The fourth-order valence-electron chi connectivity index (χ4n) is 4.25. The SMILES string of the molecule is COc1cc(N=Nc2ccc(OCCO)cc2OCCO)c(C)cc1N=Nc1c(S(=O)(=O)O)cc2cc(NC(C)=O)ccc2c1O. The number of methoxy groups -OCH3 is 1. The third kappa shape index (κ3) is 8.10. The summed E-state index contributed by atoms with van der Waals surface area (Å²) < 4.78 is 50.9. The number of nitrogens with one attached hydrogen (secondary N) is 1. The van der Waals surface area contributed by atoms with Crippen molar-refractivity contribution in [1.82, 2.24) is 0 Å². The number of hydrogen-bond donors (Lipinski definition) is 5. The van der Waals surface area contributed by atoms with Gasteiger partial charge in [0.1, 0.15) is 46.7 Å². The molecule has 4 aromatic carbocycles. The summed E-state index contributed by atoms with van der Waals surface area (Å²) in [4.78, 5) is 10.7. The molecule has 0 aliphatic heterocycles. The molecular weight excluding hydrogens is 622 g/mol. The number of amides is 1. The van der Waals surface area contributed by atoms with E-state index in [1.54, 1.807) is 31.2 Å². The van der Waals surface area contributed by atoms with E-state index < -0.39 is 26.5 Å². The molecule has 0 aromatic heterocycles. The summed E-state index contributed by atoms with van der Waals surface area (Å²) in [6.07, 6.45) is 0. The number of phenolic OH excluding ortho intramolecular Hbond substituents is 1. The number of aliphatic hydroxyl groups is 2. The van der Waals surface area contributed by atoms with Crippen LogP contribution in [0.2, 0.25) is 0 Å². The summed E-state index contributed by atoms with van der Waals surface area (Å²) in [6, 6.07) is 13.4. The molecule has 15 nitrogen and oxygen atoms in total. The fraction of sp³-hybridized carbons (Fsp3) is 0.233. The first-order valence-corrected chi connectivity index (χ1v) is 15.1. The highest BCUT2D eigenvalue weighted by Gasteiger charge is 2.22. The number of nitrogens with zero attached hydrogens (tertiary/aromatic N) is 4. The molecule has 1 amide bonds. The van der Waals surface area contributed by atoms with Crippen LogP contribution in [0.25, 0.3) is 10.8 Å². The molecule has 46 heavy (non-hydrogen) atoms. The minimum atomic E-state index is -4.87. The van der Waals surface area contributed by atoms with Gasteiger partial charge in [0.2, 0.25) is 5.91 Å². The number of rotatable bonds is 13. The van der Waals surface area contributed by atoms with E-state index in [-0.39, 0.29) is 54.5 Å². The zero-order chi connectivity index (χ0) is 33.4. The molecule has 242 valence electrons. The summed E-state index contributed by atoms with van der Waals surface area (Å²) in [7, 11) is -3.50. The summed E-state index contributed by atoms with van der Waals surface area (Å²) >= 11 is 0. The van der Waals surface area contributed by atoms with E-state index in [9.17, 15) is 28.0 Å². The number of aliphatic hydroxyl groups excluding tert-OH is 2. The molecular formula is C30H31N5O10S. The van der Waals surface area contributed by atoms with Gasteiger partial charge in [0, 0.05) is 30.1 Å². The Balaban J connectivity index is 1.71. The largest absolute Gasteiger partial charge is 0.505 e. The van der Waals surface area contributed by atoms with Crippen LogP contribution in [0.4, 0.5) is 28.4 Å². The van der Waals surface area contributed by atoms with Crippen LogP contribution in [0.3, 0.4) is 0 Å². The van der Waals surface area contributed by atoms with Crippen molar-refractivity contribution >= 4 is 55.2 Å². The zero-order valence-electron chi connectivity index (χ0n) is 25.0. The van der Waals surface area contributed by atoms with Gasteiger partial charge in [-0.15, -0.1) is 15.3 Å². The highest BCUT2D eigenvalue weighted by atomic mass is 32.2. The van der Waals surface area contributed by atoms with Crippen molar-refractivity contribution in [2.24, 2.45) is 20.5 Å². The molecule has 0 saturated carbocycles. The maximum absolute atomic E-state index is 12.3. The Hall–Kier alpha value is -5.16. The van der Waals surface area contributed by atoms with Crippen molar-refractivity contribution < 1.29 is 47.3 Å². The normalized spacial score (nSPS) is 11.8. The second kappa shape index (κ2) is 14.7. The Morgan fingerprint density at radius 1 is 0.848 bits per heavy atom. The van der Waals surface area contributed by atoms with Crippen LogP contribution in [0.15, 0.2) is 79.9 Å². The highest BCUT2D eigenvalue weighted by molar-refractivity contribution is 7.86. The van der Waals surface area contributed by atoms with Gasteiger partial charge in [-0.05, 0) is 60.3 Å². The van der Waals surface area contributed by atoms with Gasteiger partial charge in [0.15, 0.2) is 11.5 Å². The van der Waals surface area contributed by atoms with E-state index in [1.165, 1.54) is 38.3 Å². The van der Waals surface area contributed by atoms with Crippen LogP contribution in [0.1, 0.15) is 12.5 Å². The van der Waals surface area contributed by atoms with Crippen molar-refractivity contribution in [2.45, 2.75) is 18.7 Å².